The van der Waals surface area contributed by atoms with Crippen molar-refractivity contribution in [3.63, 3.8) is 0 Å². The van der Waals surface area contributed by atoms with Gasteiger partial charge in [-0.2, -0.15) is 0 Å². The van der Waals surface area contributed by atoms with E-state index in [0.29, 0.717) is 12.2 Å². The molecule has 5 nitrogen and oxygen atoms in total. The molecule has 0 aliphatic rings. The lowest BCUT2D eigenvalue weighted by Crippen LogP contribution is -2.36. The molecular formula is C15H26N4O. The molecule has 1 unspecified atom stereocenters. The first-order chi connectivity index (χ1) is 9.25. The number of nitrogens with two attached hydrogens (primary N) is 1. The van der Waals surface area contributed by atoms with Gasteiger partial charge in [-0.3, -0.25) is 9.78 Å². The Morgan fingerprint density at radius 1 is 1.45 bits per heavy atom. The number of carbonyl (C=O) groups excluding carboxylic acids is 1. The van der Waals surface area contributed by atoms with E-state index in [-0.39, 0.29) is 17.4 Å². The summed E-state index contributed by atoms with van der Waals surface area (Å²) in [5, 5.41) is 3.46. The molecule has 0 aromatic carbocycles. The topological polar surface area (TPSA) is 71.2 Å². The van der Waals surface area contributed by atoms with Crippen LogP contribution in [0.2, 0.25) is 0 Å². The summed E-state index contributed by atoms with van der Waals surface area (Å²) in [5.41, 5.74) is 7.12. The molecule has 1 heterocycles. The van der Waals surface area contributed by atoms with Crippen LogP contribution >= 0.6 is 0 Å². The molecule has 1 atom stereocenters. The summed E-state index contributed by atoms with van der Waals surface area (Å²) in [6.45, 7) is 7.15. The van der Waals surface area contributed by atoms with Gasteiger partial charge < -0.3 is 16.0 Å². The van der Waals surface area contributed by atoms with Crippen LogP contribution in [-0.2, 0) is 0 Å². The van der Waals surface area contributed by atoms with E-state index in [1.54, 1.807) is 26.4 Å². The number of anilines is 1. The van der Waals surface area contributed by atoms with Crippen LogP contribution in [0.5, 0.6) is 0 Å². The molecule has 1 aromatic rings. The van der Waals surface area contributed by atoms with Crippen molar-refractivity contribution in [1.82, 2.24) is 9.88 Å². The molecule has 1 amide bonds. The van der Waals surface area contributed by atoms with Crippen molar-refractivity contribution in [2.75, 3.05) is 26.0 Å². The maximum Gasteiger partial charge on any atom is 0.272 e. The Labute approximate surface area is 121 Å². The van der Waals surface area contributed by atoms with Crippen LogP contribution in [0.3, 0.4) is 0 Å². The van der Waals surface area contributed by atoms with Gasteiger partial charge in [0.15, 0.2) is 0 Å². The minimum atomic E-state index is -0.0974. The zero-order valence-corrected chi connectivity index (χ0v) is 13.1. The van der Waals surface area contributed by atoms with Gasteiger partial charge in [0.2, 0.25) is 0 Å². The molecule has 1 rings (SSSR count). The first-order valence-corrected chi connectivity index (χ1v) is 6.90. The van der Waals surface area contributed by atoms with Crippen molar-refractivity contribution >= 4 is 11.6 Å². The van der Waals surface area contributed by atoms with Gasteiger partial charge in [0, 0.05) is 32.0 Å². The number of carbonyl (C=O) groups is 1. The predicted octanol–water partition coefficient (Wildman–Crippen LogP) is 1.96. The van der Waals surface area contributed by atoms with Crippen molar-refractivity contribution in [1.29, 1.82) is 0 Å². The van der Waals surface area contributed by atoms with Crippen molar-refractivity contribution in [2.24, 2.45) is 11.1 Å². The van der Waals surface area contributed by atoms with Gasteiger partial charge in [-0.25, -0.2) is 0 Å². The first-order valence-electron chi connectivity index (χ1n) is 6.90. The summed E-state index contributed by atoms with van der Waals surface area (Å²) in [6, 6.07) is 3.91. The largest absolute Gasteiger partial charge is 0.382 e. The van der Waals surface area contributed by atoms with E-state index >= 15 is 0 Å². The van der Waals surface area contributed by atoms with Crippen molar-refractivity contribution in [2.45, 2.75) is 33.2 Å². The summed E-state index contributed by atoms with van der Waals surface area (Å²) in [6.07, 6.45) is 2.53. The third-order valence-electron chi connectivity index (χ3n) is 3.23. The molecular weight excluding hydrogens is 252 g/mol. The predicted molar refractivity (Wildman–Crippen MR) is 82.8 cm³/mol. The van der Waals surface area contributed by atoms with Gasteiger partial charge in [0.1, 0.15) is 5.69 Å². The van der Waals surface area contributed by atoms with Gasteiger partial charge in [-0.15, -0.1) is 0 Å². The molecule has 112 valence electrons. The highest BCUT2D eigenvalue weighted by molar-refractivity contribution is 5.92. The maximum absolute atomic E-state index is 11.9. The summed E-state index contributed by atoms with van der Waals surface area (Å²) < 4.78 is 0. The van der Waals surface area contributed by atoms with E-state index in [9.17, 15) is 4.79 Å². The van der Waals surface area contributed by atoms with Crippen LogP contribution in [0, 0.1) is 5.41 Å². The van der Waals surface area contributed by atoms with Crippen LogP contribution < -0.4 is 11.1 Å². The molecule has 0 aliphatic heterocycles. The number of rotatable bonds is 5. The van der Waals surface area contributed by atoms with Gasteiger partial charge in [-0.05, 0) is 30.5 Å². The third kappa shape index (κ3) is 4.49. The van der Waals surface area contributed by atoms with Crippen LogP contribution in [0.1, 0.15) is 37.7 Å². The summed E-state index contributed by atoms with van der Waals surface area (Å²) >= 11 is 0. The summed E-state index contributed by atoms with van der Waals surface area (Å²) in [4.78, 5) is 17.6. The number of amides is 1. The van der Waals surface area contributed by atoms with Gasteiger partial charge in [0.25, 0.3) is 5.91 Å². The third-order valence-corrected chi connectivity index (χ3v) is 3.23. The van der Waals surface area contributed by atoms with E-state index < -0.39 is 0 Å². The summed E-state index contributed by atoms with van der Waals surface area (Å²) in [7, 11) is 3.44. The Morgan fingerprint density at radius 3 is 2.60 bits per heavy atom. The normalized spacial score (nSPS) is 12.9. The fraction of sp³-hybridized carbons (Fsp3) is 0.600. The lowest BCUT2D eigenvalue weighted by Gasteiger charge is -2.32. The molecule has 0 saturated heterocycles. The molecule has 0 aliphatic carbocycles. The van der Waals surface area contributed by atoms with Crippen molar-refractivity contribution in [3.8, 4) is 0 Å². The summed E-state index contributed by atoms with van der Waals surface area (Å²) in [5.74, 6) is -0.0974. The lowest BCUT2D eigenvalue weighted by molar-refractivity contribution is 0.0822. The van der Waals surface area contributed by atoms with E-state index in [1.807, 2.05) is 6.07 Å². The Kier molecular flexibility index (Phi) is 5.51. The number of hydrogen-bond donors (Lipinski definition) is 2. The van der Waals surface area contributed by atoms with E-state index in [4.69, 9.17) is 5.73 Å². The average Bonchev–Trinajstić information content (AvgIpc) is 2.36. The van der Waals surface area contributed by atoms with E-state index in [1.165, 1.54) is 4.90 Å². The minimum absolute atomic E-state index is 0.0916. The average molecular weight is 278 g/mol. The van der Waals surface area contributed by atoms with Crippen LogP contribution in [0.4, 0.5) is 5.69 Å². The molecule has 0 radical (unpaired) electrons. The van der Waals surface area contributed by atoms with E-state index in [2.05, 4.69) is 31.1 Å². The monoisotopic (exact) mass is 278 g/mol. The number of nitrogens with one attached hydrogen (secondary N) is 1. The molecule has 0 saturated carbocycles. The minimum Gasteiger partial charge on any atom is -0.382 e. The second kappa shape index (κ2) is 6.70. The SMILES string of the molecule is CN(C)C(=O)c1cc(NC(CCN)C(C)(C)C)ccn1. The highest BCUT2D eigenvalue weighted by atomic mass is 16.2. The quantitative estimate of drug-likeness (QED) is 0.863. The zero-order valence-electron chi connectivity index (χ0n) is 13.1. The molecule has 0 bridgehead atoms. The smallest absolute Gasteiger partial charge is 0.272 e. The highest BCUT2D eigenvalue weighted by Crippen LogP contribution is 2.25. The second-order valence-corrected chi connectivity index (χ2v) is 6.27. The molecule has 0 spiro atoms. The first kappa shape index (κ1) is 16.4. The molecule has 3 N–H and O–H groups in total. The zero-order chi connectivity index (χ0) is 15.3. The Morgan fingerprint density at radius 2 is 2.10 bits per heavy atom. The highest BCUT2D eigenvalue weighted by Gasteiger charge is 2.24. The molecule has 20 heavy (non-hydrogen) atoms. The fourth-order valence-corrected chi connectivity index (χ4v) is 1.96. The van der Waals surface area contributed by atoms with Crippen molar-refractivity contribution < 1.29 is 4.79 Å². The number of hydrogen-bond acceptors (Lipinski definition) is 4. The Bertz CT molecular complexity index is 451. The van der Waals surface area contributed by atoms with Crippen LogP contribution in [0.15, 0.2) is 18.3 Å². The standard InChI is InChI=1S/C15H26N4O/c1-15(2,3)13(6-8-16)18-11-7-9-17-12(10-11)14(20)19(4)5/h7,9-10,13H,6,8,16H2,1-5H3,(H,17,18). The molecule has 1 aromatic heterocycles. The molecule has 5 heteroatoms. The van der Waals surface area contributed by atoms with Crippen LogP contribution in [0.25, 0.3) is 0 Å². The molecule has 0 fully saturated rings. The number of aromatic nitrogens is 1. The fourth-order valence-electron chi connectivity index (χ4n) is 1.96. The number of pyridine rings is 1. The van der Waals surface area contributed by atoms with Gasteiger partial charge in [-0.1, -0.05) is 20.8 Å². The Balaban J connectivity index is 2.91. The van der Waals surface area contributed by atoms with Crippen molar-refractivity contribution in [3.05, 3.63) is 24.0 Å². The van der Waals surface area contributed by atoms with Crippen LogP contribution in [-0.4, -0.2) is 42.5 Å². The number of nitrogens with zero attached hydrogens (tertiary/aromatic N) is 2. The Hall–Kier alpha value is -1.62. The maximum atomic E-state index is 11.9. The van der Waals surface area contributed by atoms with Gasteiger partial charge in [0.05, 0.1) is 0 Å². The second-order valence-electron chi connectivity index (χ2n) is 6.27. The van der Waals surface area contributed by atoms with Gasteiger partial charge >= 0.3 is 0 Å². The van der Waals surface area contributed by atoms with E-state index in [0.717, 1.165) is 12.1 Å². The lowest BCUT2D eigenvalue weighted by atomic mass is 9.84.